The molecule has 0 aliphatic rings. The predicted molar refractivity (Wildman–Crippen MR) is 79.5 cm³/mol. The second-order valence-electron chi connectivity index (χ2n) is 4.43. The highest BCUT2D eigenvalue weighted by atomic mass is 79.9. The summed E-state index contributed by atoms with van der Waals surface area (Å²) in [6.07, 6.45) is 0.994. The summed E-state index contributed by atoms with van der Waals surface area (Å²) in [5.74, 6) is 0.897. The van der Waals surface area contributed by atoms with Crippen molar-refractivity contribution < 1.29 is 4.74 Å². The number of aryl methyl sites for hydroxylation is 1. The Kier molecular flexibility index (Phi) is 4.43. The van der Waals surface area contributed by atoms with E-state index >= 15 is 0 Å². The Morgan fingerprint density at radius 2 is 1.83 bits per heavy atom. The molecule has 2 rings (SSSR count). The third kappa shape index (κ3) is 3.36. The number of alkyl halides is 1. The average molecular weight is 305 g/mol. The van der Waals surface area contributed by atoms with Crippen LogP contribution in [0.3, 0.4) is 0 Å². The number of ether oxygens (including phenoxy) is 1. The molecule has 0 saturated carbocycles. The second-order valence-corrected chi connectivity index (χ2v) is 5.54. The van der Waals surface area contributed by atoms with Gasteiger partial charge in [-0.2, -0.15) is 0 Å². The Morgan fingerprint density at radius 1 is 1.11 bits per heavy atom. The number of rotatable bonds is 4. The summed E-state index contributed by atoms with van der Waals surface area (Å²) in [5.41, 5.74) is 3.94. The Hall–Kier alpha value is -1.28. The SMILES string of the molecule is COc1ccc(C(Br)Cc2cccc(C)c2)cc1. The van der Waals surface area contributed by atoms with Crippen molar-refractivity contribution in [3.8, 4) is 5.75 Å². The molecule has 2 aromatic carbocycles. The molecular weight excluding hydrogens is 288 g/mol. The van der Waals surface area contributed by atoms with Gasteiger partial charge in [0, 0.05) is 4.83 Å². The van der Waals surface area contributed by atoms with E-state index in [0.29, 0.717) is 4.83 Å². The van der Waals surface area contributed by atoms with Gasteiger partial charge < -0.3 is 4.74 Å². The number of hydrogen-bond acceptors (Lipinski definition) is 1. The second kappa shape index (κ2) is 6.05. The van der Waals surface area contributed by atoms with Crippen molar-refractivity contribution in [3.05, 3.63) is 65.2 Å². The number of hydrogen-bond donors (Lipinski definition) is 0. The molecule has 0 bridgehead atoms. The lowest BCUT2D eigenvalue weighted by Gasteiger charge is -2.11. The fourth-order valence-corrected chi connectivity index (χ4v) is 2.66. The highest BCUT2D eigenvalue weighted by molar-refractivity contribution is 9.09. The van der Waals surface area contributed by atoms with Gasteiger partial charge in [-0.05, 0) is 36.6 Å². The van der Waals surface area contributed by atoms with E-state index in [4.69, 9.17) is 4.74 Å². The maximum absolute atomic E-state index is 5.17. The molecule has 2 aromatic rings. The van der Waals surface area contributed by atoms with Crippen LogP contribution in [0.2, 0.25) is 0 Å². The molecule has 1 atom stereocenters. The third-order valence-electron chi connectivity index (χ3n) is 2.97. The van der Waals surface area contributed by atoms with Gasteiger partial charge in [-0.15, -0.1) is 0 Å². The molecular formula is C16H17BrO. The van der Waals surface area contributed by atoms with E-state index < -0.39 is 0 Å². The summed E-state index contributed by atoms with van der Waals surface area (Å²) < 4.78 is 5.17. The van der Waals surface area contributed by atoms with E-state index in [2.05, 4.69) is 59.3 Å². The van der Waals surface area contributed by atoms with Gasteiger partial charge in [-0.3, -0.25) is 0 Å². The summed E-state index contributed by atoms with van der Waals surface area (Å²) in [6.45, 7) is 2.13. The van der Waals surface area contributed by atoms with Gasteiger partial charge in [0.2, 0.25) is 0 Å². The standard InChI is InChI=1S/C16H17BrO/c1-12-4-3-5-13(10-12)11-16(17)14-6-8-15(18-2)9-7-14/h3-10,16H,11H2,1-2H3. The number of methoxy groups -OCH3 is 1. The van der Waals surface area contributed by atoms with Crippen LogP contribution in [0.1, 0.15) is 21.5 Å². The summed E-state index contributed by atoms with van der Waals surface area (Å²) in [4.78, 5) is 0.338. The van der Waals surface area contributed by atoms with Crippen molar-refractivity contribution in [1.82, 2.24) is 0 Å². The maximum Gasteiger partial charge on any atom is 0.118 e. The summed E-state index contributed by atoms with van der Waals surface area (Å²) >= 11 is 3.75. The van der Waals surface area contributed by atoms with Crippen LogP contribution < -0.4 is 4.74 Å². The predicted octanol–water partition coefficient (Wildman–Crippen LogP) is 4.68. The lowest BCUT2D eigenvalue weighted by atomic mass is 10.0. The molecule has 0 aliphatic carbocycles. The van der Waals surface area contributed by atoms with Crippen LogP contribution in [0.5, 0.6) is 5.75 Å². The van der Waals surface area contributed by atoms with Gasteiger partial charge in [0.15, 0.2) is 0 Å². The van der Waals surface area contributed by atoms with E-state index in [0.717, 1.165) is 12.2 Å². The van der Waals surface area contributed by atoms with E-state index in [9.17, 15) is 0 Å². The Balaban J connectivity index is 2.09. The van der Waals surface area contributed by atoms with Crippen molar-refractivity contribution >= 4 is 15.9 Å². The minimum absolute atomic E-state index is 0.338. The first kappa shape index (κ1) is 13.2. The van der Waals surface area contributed by atoms with E-state index in [1.54, 1.807) is 7.11 Å². The van der Waals surface area contributed by atoms with Crippen LogP contribution in [-0.2, 0) is 6.42 Å². The molecule has 0 fully saturated rings. The fraction of sp³-hybridized carbons (Fsp3) is 0.250. The van der Waals surface area contributed by atoms with Crippen LogP contribution in [0, 0.1) is 6.92 Å². The van der Waals surface area contributed by atoms with Crippen LogP contribution in [-0.4, -0.2) is 7.11 Å². The van der Waals surface area contributed by atoms with Gasteiger partial charge in [0.25, 0.3) is 0 Å². The zero-order chi connectivity index (χ0) is 13.0. The smallest absolute Gasteiger partial charge is 0.118 e. The van der Waals surface area contributed by atoms with Crippen molar-refractivity contribution in [1.29, 1.82) is 0 Å². The quantitative estimate of drug-likeness (QED) is 0.745. The van der Waals surface area contributed by atoms with Gasteiger partial charge in [-0.1, -0.05) is 57.9 Å². The highest BCUT2D eigenvalue weighted by Crippen LogP contribution is 2.28. The van der Waals surface area contributed by atoms with Crippen LogP contribution in [0.25, 0.3) is 0 Å². The van der Waals surface area contributed by atoms with Gasteiger partial charge in [0.05, 0.1) is 7.11 Å². The first-order valence-electron chi connectivity index (χ1n) is 6.02. The molecule has 0 heterocycles. The Bertz CT molecular complexity index is 505. The first-order valence-corrected chi connectivity index (χ1v) is 6.94. The lowest BCUT2D eigenvalue weighted by Crippen LogP contribution is -1.96. The molecule has 0 aromatic heterocycles. The molecule has 0 spiro atoms. The number of halogens is 1. The molecule has 1 nitrogen and oxygen atoms in total. The van der Waals surface area contributed by atoms with E-state index in [1.807, 2.05) is 12.1 Å². The summed E-state index contributed by atoms with van der Waals surface area (Å²) in [5, 5.41) is 0. The summed E-state index contributed by atoms with van der Waals surface area (Å²) in [7, 11) is 1.69. The van der Waals surface area contributed by atoms with Crippen LogP contribution in [0.15, 0.2) is 48.5 Å². The third-order valence-corrected chi connectivity index (χ3v) is 3.83. The monoisotopic (exact) mass is 304 g/mol. The normalized spacial score (nSPS) is 12.2. The van der Waals surface area contributed by atoms with Crippen LogP contribution in [0.4, 0.5) is 0 Å². The lowest BCUT2D eigenvalue weighted by molar-refractivity contribution is 0.414. The molecule has 0 saturated heterocycles. The Labute approximate surface area is 117 Å². The van der Waals surface area contributed by atoms with Crippen molar-refractivity contribution in [2.45, 2.75) is 18.2 Å². The molecule has 0 amide bonds. The fourth-order valence-electron chi connectivity index (χ4n) is 1.98. The summed E-state index contributed by atoms with van der Waals surface area (Å²) in [6, 6.07) is 16.9. The minimum Gasteiger partial charge on any atom is -0.497 e. The van der Waals surface area contributed by atoms with E-state index in [1.165, 1.54) is 16.7 Å². The number of benzene rings is 2. The molecule has 18 heavy (non-hydrogen) atoms. The van der Waals surface area contributed by atoms with Crippen molar-refractivity contribution in [2.75, 3.05) is 7.11 Å². The Morgan fingerprint density at radius 3 is 2.44 bits per heavy atom. The van der Waals surface area contributed by atoms with Gasteiger partial charge >= 0.3 is 0 Å². The molecule has 0 aliphatic heterocycles. The highest BCUT2D eigenvalue weighted by Gasteiger charge is 2.08. The topological polar surface area (TPSA) is 9.23 Å². The maximum atomic E-state index is 5.17. The van der Waals surface area contributed by atoms with Gasteiger partial charge in [-0.25, -0.2) is 0 Å². The van der Waals surface area contributed by atoms with Crippen LogP contribution >= 0.6 is 15.9 Å². The van der Waals surface area contributed by atoms with Gasteiger partial charge in [0.1, 0.15) is 5.75 Å². The zero-order valence-corrected chi connectivity index (χ0v) is 12.3. The molecule has 0 N–H and O–H groups in total. The first-order chi connectivity index (χ1) is 8.69. The minimum atomic E-state index is 0.338. The van der Waals surface area contributed by atoms with E-state index in [-0.39, 0.29) is 0 Å². The zero-order valence-electron chi connectivity index (χ0n) is 10.7. The molecule has 94 valence electrons. The molecule has 2 heteroatoms. The largest absolute Gasteiger partial charge is 0.497 e. The average Bonchev–Trinajstić information content (AvgIpc) is 2.39. The van der Waals surface area contributed by atoms with Crippen molar-refractivity contribution in [3.63, 3.8) is 0 Å². The van der Waals surface area contributed by atoms with Crippen molar-refractivity contribution in [2.24, 2.45) is 0 Å². The molecule has 1 unspecified atom stereocenters. The molecule has 0 radical (unpaired) electrons.